The van der Waals surface area contributed by atoms with Crippen LogP contribution < -0.4 is 5.46 Å². The number of aromatic nitrogens is 3. The zero-order valence-corrected chi connectivity index (χ0v) is 19.2. The molecule has 4 nitrogen and oxygen atoms in total. The third kappa shape index (κ3) is 4.08. The van der Waals surface area contributed by atoms with E-state index in [1.807, 2.05) is 30.5 Å². The van der Waals surface area contributed by atoms with Crippen molar-refractivity contribution in [1.29, 1.82) is 0 Å². The van der Waals surface area contributed by atoms with Crippen molar-refractivity contribution in [1.82, 2.24) is 19.9 Å². The van der Waals surface area contributed by atoms with E-state index < -0.39 is 0 Å². The second kappa shape index (κ2) is 9.00. The maximum Gasteiger partial charge on any atom is 0.140 e. The fourth-order valence-corrected chi connectivity index (χ4v) is 5.00. The standard InChI is InChI=1S/C29H27BN4/c30-23-13-14-26-24(17-23)25(18-31-26)29-32-27(21-7-3-1-4-8-21)28(33-29)22-11-9-20(10-12-22)19-34-15-5-2-6-16-34/h1,3-4,7-14,17-18,31H,2,5-6,15-16,19H2,(H,32,33). The van der Waals surface area contributed by atoms with Gasteiger partial charge in [0, 0.05) is 40.3 Å². The molecule has 1 saturated heterocycles. The van der Waals surface area contributed by atoms with E-state index in [0.29, 0.717) is 0 Å². The lowest BCUT2D eigenvalue weighted by atomic mass is 9.94. The number of rotatable bonds is 5. The summed E-state index contributed by atoms with van der Waals surface area (Å²) in [6.45, 7) is 3.44. The second-order valence-corrected chi connectivity index (χ2v) is 9.22. The molecule has 0 amide bonds. The fourth-order valence-electron chi connectivity index (χ4n) is 5.00. The lowest BCUT2D eigenvalue weighted by molar-refractivity contribution is 0.221. The number of nitrogens with one attached hydrogen (secondary N) is 2. The van der Waals surface area contributed by atoms with E-state index in [2.05, 4.69) is 63.4 Å². The van der Waals surface area contributed by atoms with Crippen LogP contribution in [-0.4, -0.2) is 40.8 Å². The van der Waals surface area contributed by atoms with Gasteiger partial charge in [-0.2, -0.15) is 0 Å². The summed E-state index contributed by atoms with van der Waals surface area (Å²) in [4.78, 5) is 14.6. The SMILES string of the molecule is [B]c1ccc2[nH]cc(-c3nc(-c4ccccc4)c(-c4ccc(CN5CCCCC5)cc4)[nH]3)c2c1. The summed E-state index contributed by atoms with van der Waals surface area (Å²) in [6.07, 6.45) is 6.00. The van der Waals surface area contributed by atoms with E-state index in [0.717, 1.165) is 56.8 Å². The zero-order chi connectivity index (χ0) is 22.9. The lowest BCUT2D eigenvalue weighted by Gasteiger charge is -2.26. The van der Waals surface area contributed by atoms with Gasteiger partial charge in [0.05, 0.1) is 11.4 Å². The van der Waals surface area contributed by atoms with E-state index in [9.17, 15) is 0 Å². The summed E-state index contributed by atoms with van der Waals surface area (Å²) >= 11 is 0. The van der Waals surface area contributed by atoms with Crippen molar-refractivity contribution in [3.8, 4) is 33.9 Å². The number of likely N-dealkylation sites (tertiary alicyclic amines) is 1. The molecule has 0 unspecified atom stereocenters. The molecule has 0 saturated carbocycles. The summed E-state index contributed by atoms with van der Waals surface area (Å²) in [5.74, 6) is 0.836. The lowest BCUT2D eigenvalue weighted by Crippen LogP contribution is -2.28. The molecule has 1 fully saturated rings. The summed E-state index contributed by atoms with van der Waals surface area (Å²) < 4.78 is 0. The van der Waals surface area contributed by atoms with E-state index in [1.165, 1.54) is 37.9 Å². The predicted molar refractivity (Wildman–Crippen MR) is 141 cm³/mol. The van der Waals surface area contributed by atoms with Crippen LogP contribution in [0.4, 0.5) is 0 Å². The van der Waals surface area contributed by atoms with Crippen LogP contribution in [0.15, 0.2) is 79.0 Å². The van der Waals surface area contributed by atoms with E-state index in [1.54, 1.807) is 0 Å². The first kappa shape index (κ1) is 21.0. The molecule has 166 valence electrons. The van der Waals surface area contributed by atoms with Crippen molar-refractivity contribution in [3.63, 3.8) is 0 Å². The first-order valence-electron chi connectivity index (χ1n) is 12.1. The van der Waals surface area contributed by atoms with Crippen molar-refractivity contribution in [2.75, 3.05) is 13.1 Å². The van der Waals surface area contributed by atoms with Gasteiger partial charge in [-0.05, 0) is 37.6 Å². The highest BCUT2D eigenvalue weighted by atomic mass is 15.1. The van der Waals surface area contributed by atoms with Crippen molar-refractivity contribution in [2.24, 2.45) is 0 Å². The van der Waals surface area contributed by atoms with E-state index >= 15 is 0 Å². The number of hydrogen-bond donors (Lipinski definition) is 2. The first-order chi connectivity index (χ1) is 16.7. The van der Waals surface area contributed by atoms with Crippen LogP contribution in [0.25, 0.3) is 44.8 Å². The smallest absolute Gasteiger partial charge is 0.140 e. The topological polar surface area (TPSA) is 47.7 Å². The highest BCUT2D eigenvalue weighted by molar-refractivity contribution is 6.33. The number of hydrogen-bond acceptors (Lipinski definition) is 2. The van der Waals surface area contributed by atoms with E-state index in [-0.39, 0.29) is 0 Å². The molecule has 1 aliphatic heterocycles. The Morgan fingerprint density at radius 1 is 0.853 bits per heavy atom. The molecule has 3 aromatic carbocycles. The number of fused-ring (bicyclic) bond motifs is 1. The molecule has 6 rings (SSSR count). The van der Waals surface area contributed by atoms with Gasteiger partial charge < -0.3 is 9.97 Å². The predicted octanol–water partition coefficient (Wildman–Crippen LogP) is 5.67. The van der Waals surface area contributed by atoms with Crippen LogP contribution in [0.5, 0.6) is 0 Å². The maximum atomic E-state index is 6.08. The molecule has 34 heavy (non-hydrogen) atoms. The van der Waals surface area contributed by atoms with Gasteiger partial charge in [-0.25, -0.2) is 4.98 Å². The van der Waals surface area contributed by atoms with E-state index in [4.69, 9.17) is 12.8 Å². The number of imidazole rings is 1. The molecular formula is C29H27BN4. The van der Waals surface area contributed by atoms with Crippen molar-refractivity contribution in [3.05, 3.63) is 84.6 Å². The molecule has 5 aromatic rings. The van der Waals surface area contributed by atoms with Gasteiger partial charge in [0.15, 0.2) is 0 Å². The molecular weight excluding hydrogens is 415 g/mol. The molecule has 2 radical (unpaired) electrons. The zero-order valence-electron chi connectivity index (χ0n) is 19.2. The minimum atomic E-state index is 0.743. The molecule has 1 aliphatic rings. The number of H-pyrrole nitrogens is 2. The Hall–Kier alpha value is -3.57. The van der Waals surface area contributed by atoms with Gasteiger partial charge in [-0.15, -0.1) is 0 Å². The molecule has 3 heterocycles. The number of aromatic amines is 2. The molecule has 0 aliphatic carbocycles. The summed E-state index contributed by atoms with van der Waals surface area (Å²) in [5.41, 5.74) is 8.39. The van der Waals surface area contributed by atoms with Crippen LogP contribution in [-0.2, 0) is 6.54 Å². The molecule has 5 heteroatoms. The van der Waals surface area contributed by atoms with Crippen LogP contribution >= 0.6 is 0 Å². The Kier molecular flexibility index (Phi) is 5.56. The second-order valence-electron chi connectivity index (χ2n) is 9.22. The van der Waals surface area contributed by atoms with Gasteiger partial charge in [-0.3, -0.25) is 4.90 Å². The average molecular weight is 442 g/mol. The van der Waals surface area contributed by atoms with Gasteiger partial charge in [-0.1, -0.05) is 78.6 Å². The third-order valence-corrected chi connectivity index (χ3v) is 6.81. The van der Waals surface area contributed by atoms with Gasteiger partial charge in [0.25, 0.3) is 0 Å². The third-order valence-electron chi connectivity index (χ3n) is 6.81. The number of piperidine rings is 1. The minimum absolute atomic E-state index is 0.743. The molecule has 0 spiro atoms. The van der Waals surface area contributed by atoms with Crippen LogP contribution in [0, 0.1) is 0 Å². The van der Waals surface area contributed by atoms with Crippen molar-refractivity contribution >= 4 is 24.2 Å². The van der Waals surface area contributed by atoms with Crippen molar-refractivity contribution < 1.29 is 0 Å². The molecule has 2 aromatic heterocycles. The first-order valence-corrected chi connectivity index (χ1v) is 12.1. The number of nitrogens with zero attached hydrogens (tertiary/aromatic N) is 2. The average Bonchev–Trinajstić information content (AvgIpc) is 3.50. The monoisotopic (exact) mass is 442 g/mol. The highest BCUT2D eigenvalue weighted by Gasteiger charge is 2.18. The number of benzene rings is 3. The summed E-state index contributed by atoms with van der Waals surface area (Å²) in [6, 6.07) is 25.2. The Labute approximate surface area is 201 Å². The summed E-state index contributed by atoms with van der Waals surface area (Å²) in [5, 5.41) is 1.07. The maximum absolute atomic E-state index is 6.08. The Morgan fingerprint density at radius 3 is 2.44 bits per heavy atom. The summed E-state index contributed by atoms with van der Waals surface area (Å²) in [7, 11) is 6.08. The molecule has 2 N–H and O–H groups in total. The van der Waals surface area contributed by atoms with Gasteiger partial charge in [0.2, 0.25) is 0 Å². The largest absolute Gasteiger partial charge is 0.360 e. The van der Waals surface area contributed by atoms with Crippen LogP contribution in [0.3, 0.4) is 0 Å². The Morgan fingerprint density at radius 2 is 1.65 bits per heavy atom. The normalized spacial score (nSPS) is 14.6. The van der Waals surface area contributed by atoms with Crippen molar-refractivity contribution in [2.45, 2.75) is 25.8 Å². The molecule has 0 bridgehead atoms. The minimum Gasteiger partial charge on any atom is -0.360 e. The van der Waals surface area contributed by atoms with Gasteiger partial charge >= 0.3 is 0 Å². The van der Waals surface area contributed by atoms with Gasteiger partial charge in [0.1, 0.15) is 13.7 Å². The Bertz CT molecular complexity index is 1410. The van der Waals surface area contributed by atoms with Crippen LogP contribution in [0.1, 0.15) is 24.8 Å². The Balaban J connectivity index is 1.40. The van der Waals surface area contributed by atoms with Crippen LogP contribution in [0.2, 0.25) is 0 Å². The quantitative estimate of drug-likeness (QED) is 0.345. The fraction of sp³-hybridized carbons (Fsp3) is 0.207. The molecule has 0 atom stereocenters. The highest BCUT2D eigenvalue weighted by Crippen LogP contribution is 2.35.